The second-order valence-corrected chi connectivity index (χ2v) is 5.91. The highest BCUT2D eigenvalue weighted by molar-refractivity contribution is 4.89. The molecule has 1 rings (SSSR count). The predicted molar refractivity (Wildman–Crippen MR) is 75.3 cm³/mol. The Balaban J connectivity index is 2.17. The van der Waals surface area contributed by atoms with Crippen molar-refractivity contribution in [3.05, 3.63) is 0 Å². The van der Waals surface area contributed by atoms with Gasteiger partial charge in [0.1, 0.15) is 0 Å². The summed E-state index contributed by atoms with van der Waals surface area (Å²) in [5, 5.41) is 0. The SMILES string of the molecule is CCN(CCCN(C)C)CCC1(N)CCCC1. The van der Waals surface area contributed by atoms with E-state index in [4.69, 9.17) is 5.73 Å². The summed E-state index contributed by atoms with van der Waals surface area (Å²) in [7, 11) is 4.29. The molecule has 3 heteroatoms. The fourth-order valence-electron chi connectivity index (χ4n) is 2.75. The van der Waals surface area contributed by atoms with E-state index in [1.54, 1.807) is 0 Å². The molecule has 0 aromatic heterocycles. The van der Waals surface area contributed by atoms with Gasteiger partial charge in [0.05, 0.1) is 0 Å². The smallest absolute Gasteiger partial charge is 0.0166 e. The monoisotopic (exact) mass is 241 g/mol. The first kappa shape index (κ1) is 14.9. The number of rotatable bonds is 8. The number of nitrogens with two attached hydrogens (primary N) is 1. The van der Waals surface area contributed by atoms with Gasteiger partial charge in [0.15, 0.2) is 0 Å². The van der Waals surface area contributed by atoms with Gasteiger partial charge in [-0.2, -0.15) is 0 Å². The molecule has 1 saturated carbocycles. The maximum Gasteiger partial charge on any atom is 0.0166 e. The molecule has 0 bridgehead atoms. The van der Waals surface area contributed by atoms with Crippen LogP contribution in [-0.4, -0.2) is 55.6 Å². The van der Waals surface area contributed by atoms with Crippen LogP contribution in [0.25, 0.3) is 0 Å². The number of nitrogens with zero attached hydrogens (tertiary/aromatic N) is 2. The lowest BCUT2D eigenvalue weighted by atomic mass is 9.94. The fraction of sp³-hybridized carbons (Fsp3) is 1.00. The molecule has 1 aliphatic carbocycles. The van der Waals surface area contributed by atoms with E-state index in [9.17, 15) is 0 Å². The van der Waals surface area contributed by atoms with Crippen LogP contribution in [0.4, 0.5) is 0 Å². The predicted octanol–water partition coefficient (Wildman–Crippen LogP) is 1.92. The van der Waals surface area contributed by atoms with Gasteiger partial charge >= 0.3 is 0 Å². The molecule has 0 aromatic carbocycles. The van der Waals surface area contributed by atoms with Crippen LogP contribution in [0, 0.1) is 0 Å². The lowest BCUT2D eigenvalue weighted by Crippen LogP contribution is -2.41. The molecule has 0 atom stereocenters. The van der Waals surface area contributed by atoms with Crippen LogP contribution in [-0.2, 0) is 0 Å². The summed E-state index contributed by atoms with van der Waals surface area (Å²) in [5.74, 6) is 0. The average Bonchev–Trinajstić information content (AvgIpc) is 2.70. The van der Waals surface area contributed by atoms with Gasteiger partial charge in [0.25, 0.3) is 0 Å². The van der Waals surface area contributed by atoms with E-state index in [2.05, 4.69) is 30.8 Å². The highest BCUT2D eigenvalue weighted by Gasteiger charge is 2.29. The van der Waals surface area contributed by atoms with Crippen molar-refractivity contribution in [2.75, 3.05) is 40.3 Å². The normalized spacial score (nSPS) is 19.4. The van der Waals surface area contributed by atoms with Crippen LogP contribution in [0.1, 0.15) is 45.4 Å². The molecule has 0 saturated heterocycles. The molecule has 0 unspecified atom stereocenters. The Bertz CT molecular complexity index is 198. The molecule has 1 fully saturated rings. The Hall–Kier alpha value is -0.120. The molecule has 0 heterocycles. The second kappa shape index (κ2) is 7.34. The fourth-order valence-corrected chi connectivity index (χ4v) is 2.75. The van der Waals surface area contributed by atoms with Crippen molar-refractivity contribution in [1.82, 2.24) is 9.80 Å². The van der Waals surface area contributed by atoms with Crippen molar-refractivity contribution in [2.24, 2.45) is 5.73 Å². The van der Waals surface area contributed by atoms with E-state index in [1.165, 1.54) is 58.2 Å². The van der Waals surface area contributed by atoms with Gasteiger partial charge in [-0.15, -0.1) is 0 Å². The molecule has 0 spiro atoms. The molecular weight excluding hydrogens is 210 g/mol. The average molecular weight is 241 g/mol. The minimum atomic E-state index is 0.162. The first-order chi connectivity index (χ1) is 8.06. The number of hydrogen-bond acceptors (Lipinski definition) is 3. The van der Waals surface area contributed by atoms with Gasteiger partial charge in [-0.1, -0.05) is 19.8 Å². The van der Waals surface area contributed by atoms with E-state index in [-0.39, 0.29) is 5.54 Å². The molecule has 0 aliphatic heterocycles. The summed E-state index contributed by atoms with van der Waals surface area (Å²) in [5.41, 5.74) is 6.57. The maximum atomic E-state index is 6.40. The van der Waals surface area contributed by atoms with Crippen molar-refractivity contribution < 1.29 is 0 Å². The zero-order valence-corrected chi connectivity index (χ0v) is 12.0. The minimum Gasteiger partial charge on any atom is -0.325 e. The summed E-state index contributed by atoms with van der Waals surface area (Å²) in [6, 6.07) is 0. The largest absolute Gasteiger partial charge is 0.325 e. The van der Waals surface area contributed by atoms with Crippen molar-refractivity contribution in [2.45, 2.75) is 51.0 Å². The first-order valence-electron chi connectivity index (χ1n) is 7.22. The molecular formula is C14H31N3. The van der Waals surface area contributed by atoms with E-state index in [1.807, 2.05) is 0 Å². The Labute approximate surface area is 107 Å². The minimum absolute atomic E-state index is 0.162. The van der Waals surface area contributed by atoms with Crippen LogP contribution in [0.3, 0.4) is 0 Å². The molecule has 0 radical (unpaired) electrons. The highest BCUT2D eigenvalue weighted by Crippen LogP contribution is 2.30. The van der Waals surface area contributed by atoms with Crippen molar-refractivity contribution in [3.8, 4) is 0 Å². The summed E-state index contributed by atoms with van der Waals surface area (Å²) in [6.45, 7) is 6.99. The van der Waals surface area contributed by atoms with Gasteiger partial charge < -0.3 is 15.5 Å². The Morgan fingerprint density at radius 2 is 1.71 bits per heavy atom. The summed E-state index contributed by atoms with van der Waals surface area (Å²) in [4.78, 5) is 4.81. The van der Waals surface area contributed by atoms with Crippen molar-refractivity contribution >= 4 is 0 Å². The maximum absolute atomic E-state index is 6.40. The zero-order valence-electron chi connectivity index (χ0n) is 12.0. The summed E-state index contributed by atoms with van der Waals surface area (Å²) < 4.78 is 0. The molecule has 102 valence electrons. The third-order valence-corrected chi connectivity index (χ3v) is 4.05. The van der Waals surface area contributed by atoms with E-state index >= 15 is 0 Å². The molecule has 2 N–H and O–H groups in total. The molecule has 17 heavy (non-hydrogen) atoms. The van der Waals surface area contributed by atoms with E-state index < -0.39 is 0 Å². The Morgan fingerprint density at radius 3 is 2.24 bits per heavy atom. The van der Waals surface area contributed by atoms with Gasteiger partial charge in [-0.05, 0) is 66.0 Å². The van der Waals surface area contributed by atoms with Crippen LogP contribution >= 0.6 is 0 Å². The van der Waals surface area contributed by atoms with E-state index in [0.717, 1.165) is 6.54 Å². The van der Waals surface area contributed by atoms with Crippen molar-refractivity contribution in [1.29, 1.82) is 0 Å². The van der Waals surface area contributed by atoms with Gasteiger partial charge in [-0.3, -0.25) is 0 Å². The Kier molecular flexibility index (Phi) is 6.45. The lowest BCUT2D eigenvalue weighted by molar-refractivity contribution is 0.236. The second-order valence-electron chi connectivity index (χ2n) is 5.91. The van der Waals surface area contributed by atoms with Crippen molar-refractivity contribution in [3.63, 3.8) is 0 Å². The van der Waals surface area contributed by atoms with Crippen LogP contribution in [0.2, 0.25) is 0 Å². The quantitative estimate of drug-likeness (QED) is 0.705. The Morgan fingerprint density at radius 1 is 1.06 bits per heavy atom. The summed E-state index contributed by atoms with van der Waals surface area (Å²) in [6.07, 6.45) is 7.60. The molecule has 1 aliphatic rings. The van der Waals surface area contributed by atoms with Crippen LogP contribution in [0.15, 0.2) is 0 Å². The van der Waals surface area contributed by atoms with Crippen LogP contribution in [0.5, 0.6) is 0 Å². The topological polar surface area (TPSA) is 32.5 Å². The first-order valence-corrected chi connectivity index (χ1v) is 7.22. The van der Waals surface area contributed by atoms with Gasteiger partial charge in [0, 0.05) is 5.54 Å². The molecule has 0 aromatic rings. The third-order valence-electron chi connectivity index (χ3n) is 4.05. The molecule has 3 nitrogen and oxygen atoms in total. The molecule has 0 amide bonds. The van der Waals surface area contributed by atoms with E-state index in [0.29, 0.717) is 0 Å². The summed E-state index contributed by atoms with van der Waals surface area (Å²) >= 11 is 0. The van der Waals surface area contributed by atoms with Gasteiger partial charge in [-0.25, -0.2) is 0 Å². The lowest BCUT2D eigenvalue weighted by Gasteiger charge is -2.28. The number of hydrogen-bond donors (Lipinski definition) is 1. The standard InChI is InChI=1S/C14H31N3/c1-4-17(12-7-11-16(2)3)13-10-14(15)8-5-6-9-14/h4-13,15H2,1-3H3. The van der Waals surface area contributed by atoms with Crippen LogP contribution < -0.4 is 5.73 Å². The highest BCUT2D eigenvalue weighted by atomic mass is 15.1. The zero-order chi connectivity index (χ0) is 12.7. The third kappa shape index (κ3) is 5.84. The van der Waals surface area contributed by atoms with Gasteiger partial charge in [0.2, 0.25) is 0 Å².